The van der Waals surface area contributed by atoms with Crippen LogP contribution in [-0.2, 0) is 0 Å². The van der Waals surface area contributed by atoms with Crippen LogP contribution in [-0.4, -0.2) is 18.5 Å². The van der Waals surface area contributed by atoms with Gasteiger partial charge in [0.1, 0.15) is 5.82 Å². The number of aryl methyl sites for hydroxylation is 1. The molecule has 0 aliphatic heterocycles. The van der Waals surface area contributed by atoms with Gasteiger partial charge in [-0.2, -0.15) is 0 Å². The summed E-state index contributed by atoms with van der Waals surface area (Å²) in [6, 6.07) is 4.37. The summed E-state index contributed by atoms with van der Waals surface area (Å²) in [5, 5.41) is 2.82. The molecule has 0 aliphatic rings. The van der Waals surface area contributed by atoms with Crippen molar-refractivity contribution < 1.29 is 9.18 Å². The molecule has 3 N–H and O–H groups in total. The summed E-state index contributed by atoms with van der Waals surface area (Å²) in [6.45, 7) is 4.29. The van der Waals surface area contributed by atoms with Crippen molar-refractivity contribution in [2.75, 3.05) is 6.54 Å². The number of carbonyl (C=O) groups excluding carboxylic acids is 1. The van der Waals surface area contributed by atoms with Gasteiger partial charge in [0.25, 0.3) is 5.91 Å². The second-order valence-electron chi connectivity index (χ2n) is 4.32. The first-order chi connectivity index (χ1) is 8.02. The average molecular weight is 238 g/mol. The Hall–Kier alpha value is -1.42. The number of halogens is 1. The monoisotopic (exact) mass is 238 g/mol. The van der Waals surface area contributed by atoms with E-state index in [1.165, 1.54) is 12.1 Å². The van der Waals surface area contributed by atoms with Crippen molar-refractivity contribution in [2.24, 2.45) is 5.73 Å². The number of hydrogen-bond acceptors (Lipinski definition) is 2. The van der Waals surface area contributed by atoms with Crippen LogP contribution in [0.4, 0.5) is 4.39 Å². The second-order valence-corrected chi connectivity index (χ2v) is 4.32. The molecule has 0 heterocycles. The van der Waals surface area contributed by atoms with Crippen LogP contribution >= 0.6 is 0 Å². The van der Waals surface area contributed by atoms with Crippen LogP contribution in [0.5, 0.6) is 0 Å². The van der Waals surface area contributed by atoms with E-state index in [4.69, 9.17) is 5.73 Å². The summed E-state index contributed by atoms with van der Waals surface area (Å²) in [5.74, 6) is -0.623. The highest BCUT2D eigenvalue weighted by molar-refractivity contribution is 5.94. The molecule has 17 heavy (non-hydrogen) atoms. The number of nitrogens with two attached hydrogens (primary N) is 1. The van der Waals surface area contributed by atoms with Gasteiger partial charge in [-0.3, -0.25) is 4.79 Å². The van der Waals surface area contributed by atoms with Gasteiger partial charge in [0.05, 0.1) is 0 Å². The van der Waals surface area contributed by atoms with Gasteiger partial charge in [-0.15, -0.1) is 0 Å². The van der Waals surface area contributed by atoms with Gasteiger partial charge >= 0.3 is 0 Å². The van der Waals surface area contributed by atoms with E-state index in [9.17, 15) is 9.18 Å². The number of hydrogen-bond donors (Lipinski definition) is 2. The number of benzene rings is 1. The number of amides is 1. The molecule has 0 radical (unpaired) electrons. The lowest BCUT2D eigenvalue weighted by molar-refractivity contribution is 0.0937. The lowest BCUT2D eigenvalue weighted by Crippen LogP contribution is -2.33. The van der Waals surface area contributed by atoms with E-state index in [0.29, 0.717) is 12.1 Å². The molecule has 0 aromatic heterocycles. The number of rotatable bonds is 5. The van der Waals surface area contributed by atoms with Crippen LogP contribution in [0.15, 0.2) is 18.2 Å². The summed E-state index contributed by atoms with van der Waals surface area (Å²) < 4.78 is 13.1. The molecule has 1 atom stereocenters. The lowest BCUT2D eigenvalue weighted by atomic mass is 10.1. The van der Waals surface area contributed by atoms with E-state index < -0.39 is 0 Å². The highest BCUT2D eigenvalue weighted by Crippen LogP contribution is 2.09. The molecule has 0 aliphatic carbocycles. The third-order valence-corrected chi connectivity index (χ3v) is 2.52. The number of carbonyl (C=O) groups is 1. The third-order valence-electron chi connectivity index (χ3n) is 2.52. The van der Waals surface area contributed by atoms with E-state index in [1.54, 1.807) is 13.0 Å². The van der Waals surface area contributed by atoms with Gasteiger partial charge in [0.2, 0.25) is 0 Å². The Morgan fingerprint density at radius 3 is 2.76 bits per heavy atom. The fourth-order valence-corrected chi connectivity index (χ4v) is 1.67. The molecule has 0 spiro atoms. The minimum atomic E-state index is -0.384. The Labute approximate surface area is 101 Å². The van der Waals surface area contributed by atoms with Crippen molar-refractivity contribution in [3.8, 4) is 0 Å². The Morgan fingerprint density at radius 2 is 2.18 bits per heavy atom. The first-order valence-electron chi connectivity index (χ1n) is 5.81. The van der Waals surface area contributed by atoms with E-state index in [-0.39, 0.29) is 17.8 Å². The van der Waals surface area contributed by atoms with E-state index in [0.717, 1.165) is 18.4 Å². The second kappa shape index (κ2) is 6.35. The van der Waals surface area contributed by atoms with Crippen LogP contribution in [0, 0.1) is 12.7 Å². The topological polar surface area (TPSA) is 55.1 Å². The zero-order chi connectivity index (χ0) is 12.8. The zero-order valence-corrected chi connectivity index (χ0v) is 10.3. The highest BCUT2D eigenvalue weighted by atomic mass is 19.1. The van der Waals surface area contributed by atoms with Crippen LogP contribution < -0.4 is 11.1 Å². The molecule has 1 aromatic rings. The molecule has 3 nitrogen and oxygen atoms in total. The third kappa shape index (κ3) is 4.53. The largest absolute Gasteiger partial charge is 0.350 e. The normalized spacial score (nSPS) is 12.2. The number of nitrogens with one attached hydrogen (secondary N) is 1. The smallest absolute Gasteiger partial charge is 0.251 e. The fraction of sp³-hybridized carbons (Fsp3) is 0.462. The van der Waals surface area contributed by atoms with Crippen molar-refractivity contribution in [3.05, 3.63) is 35.1 Å². The summed E-state index contributed by atoms with van der Waals surface area (Å²) in [6.07, 6.45) is 1.69. The maximum absolute atomic E-state index is 13.1. The van der Waals surface area contributed by atoms with Gasteiger partial charge in [-0.25, -0.2) is 4.39 Å². The van der Waals surface area contributed by atoms with Crippen molar-refractivity contribution >= 4 is 5.91 Å². The van der Waals surface area contributed by atoms with Crippen LogP contribution in [0.1, 0.15) is 35.7 Å². The predicted octanol–water partition coefficient (Wildman–Crippen LogP) is 1.99. The first kappa shape index (κ1) is 13.6. The van der Waals surface area contributed by atoms with Crippen LogP contribution in [0.3, 0.4) is 0 Å². The SMILES string of the molecule is Cc1cc(F)cc(C(=O)NC(C)CCCN)c1. The molecule has 4 heteroatoms. The fourth-order valence-electron chi connectivity index (χ4n) is 1.67. The summed E-state index contributed by atoms with van der Waals surface area (Å²) >= 11 is 0. The minimum absolute atomic E-state index is 0.0506. The molecular formula is C13H19FN2O. The van der Waals surface area contributed by atoms with Gasteiger partial charge in [-0.1, -0.05) is 0 Å². The molecule has 94 valence electrons. The minimum Gasteiger partial charge on any atom is -0.350 e. The Bertz CT molecular complexity index is 373. The zero-order valence-electron chi connectivity index (χ0n) is 10.3. The Morgan fingerprint density at radius 1 is 1.47 bits per heavy atom. The molecular weight excluding hydrogens is 219 g/mol. The van der Waals surface area contributed by atoms with E-state index in [1.807, 2.05) is 6.92 Å². The molecule has 1 amide bonds. The maximum atomic E-state index is 13.1. The van der Waals surface area contributed by atoms with Gasteiger partial charge in [0.15, 0.2) is 0 Å². The lowest BCUT2D eigenvalue weighted by Gasteiger charge is -2.13. The van der Waals surface area contributed by atoms with Crippen molar-refractivity contribution in [3.63, 3.8) is 0 Å². The summed E-state index contributed by atoms with van der Waals surface area (Å²) in [7, 11) is 0. The molecule has 0 saturated heterocycles. The predicted molar refractivity (Wildman–Crippen MR) is 66.4 cm³/mol. The van der Waals surface area contributed by atoms with Gasteiger partial charge in [-0.05, 0) is 57.0 Å². The van der Waals surface area contributed by atoms with E-state index in [2.05, 4.69) is 5.32 Å². The molecule has 1 rings (SSSR count). The van der Waals surface area contributed by atoms with Crippen LogP contribution in [0.25, 0.3) is 0 Å². The Kier molecular flexibility index (Phi) is 5.10. The molecule has 1 unspecified atom stereocenters. The molecule has 1 aromatic carbocycles. The van der Waals surface area contributed by atoms with Crippen molar-refractivity contribution in [2.45, 2.75) is 32.7 Å². The summed E-state index contributed by atoms with van der Waals surface area (Å²) in [4.78, 5) is 11.8. The quantitative estimate of drug-likeness (QED) is 0.824. The summed E-state index contributed by atoms with van der Waals surface area (Å²) in [5.41, 5.74) is 6.50. The van der Waals surface area contributed by atoms with Crippen LogP contribution in [0.2, 0.25) is 0 Å². The van der Waals surface area contributed by atoms with Gasteiger partial charge in [0, 0.05) is 11.6 Å². The first-order valence-corrected chi connectivity index (χ1v) is 5.81. The van der Waals surface area contributed by atoms with Crippen molar-refractivity contribution in [1.29, 1.82) is 0 Å². The molecule has 0 saturated carbocycles. The molecule has 0 bridgehead atoms. The molecule has 0 fully saturated rings. The maximum Gasteiger partial charge on any atom is 0.251 e. The van der Waals surface area contributed by atoms with Gasteiger partial charge < -0.3 is 11.1 Å². The highest BCUT2D eigenvalue weighted by Gasteiger charge is 2.10. The average Bonchev–Trinajstić information content (AvgIpc) is 2.25. The van der Waals surface area contributed by atoms with Crippen molar-refractivity contribution in [1.82, 2.24) is 5.32 Å². The Balaban J connectivity index is 2.63. The standard InChI is InChI=1S/C13H19FN2O/c1-9-6-11(8-12(14)7-9)13(17)16-10(2)4-3-5-15/h6-8,10H,3-5,15H2,1-2H3,(H,16,17). The van der Waals surface area contributed by atoms with E-state index >= 15 is 0 Å².